The summed E-state index contributed by atoms with van der Waals surface area (Å²) in [6, 6.07) is 8.21. The Kier molecular flexibility index (Phi) is 9.05. The fraction of sp³-hybridized carbons (Fsp3) is 0.400. The average molecular weight is 655 g/mol. The molecule has 222 valence electrons. The van der Waals surface area contributed by atoms with Crippen molar-refractivity contribution in [3.8, 4) is 5.75 Å². The third-order valence-electron chi connectivity index (χ3n) is 7.77. The zero-order chi connectivity index (χ0) is 29.4. The lowest BCUT2D eigenvalue weighted by molar-refractivity contribution is -0.128. The molecule has 2 atom stereocenters. The van der Waals surface area contributed by atoms with E-state index in [2.05, 4.69) is 10.3 Å². The second kappa shape index (κ2) is 12.8. The van der Waals surface area contributed by atoms with Crippen molar-refractivity contribution in [3.05, 3.63) is 84.3 Å². The Morgan fingerprint density at radius 3 is 2.71 bits per heavy atom. The van der Waals surface area contributed by atoms with E-state index in [1.54, 1.807) is 12.3 Å². The smallest absolute Gasteiger partial charge is 0.252 e. The van der Waals surface area contributed by atoms with Gasteiger partial charge in [-0.3, -0.25) is 4.79 Å². The number of nitrogens with one attached hydrogen (secondary N) is 1. The van der Waals surface area contributed by atoms with Crippen LogP contribution < -0.4 is 10.1 Å². The molecule has 1 aliphatic carbocycles. The van der Waals surface area contributed by atoms with E-state index in [1.165, 1.54) is 11.3 Å². The van der Waals surface area contributed by atoms with E-state index in [0.717, 1.165) is 70.8 Å². The molecule has 2 aliphatic heterocycles. The van der Waals surface area contributed by atoms with Gasteiger partial charge >= 0.3 is 0 Å². The van der Waals surface area contributed by atoms with Gasteiger partial charge in [0.15, 0.2) is 17.4 Å². The van der Waals surface area contributed by atoms with Crippen molar-refractivity contribution in [2.45, 2.75) is 63.4 Å². The van der Waals surface area contributed by atoms with Gasteiger partial charge in [0, 0.05) is 36.4 Å². The minimum absolute atomic E-state index is 0.00596. The maximum atomic E-state index is 14.2. The van der Waals surface area contributed by atoms with Gasteiger partial charge in [-0.2, -0.15) is 0 Å². The summed E-state index contributed by atoms with van der Waals surface area (Å²) in [6.07, 6.45) is 6.41. The summed E-state index contributed by atoms with van der Waals surface area (Å²) in [4.78, 5) is 21.7. The molecule has 1 saturated carbocycles. The highest BCUT2D eigenvalue weighted by atomic mass is 35.5. The molecular formula is C30H28Cl3F2N3O3S. The number of amides is 1. The number of halogens is 5. The quantitative estimate of drug-likeness (QED) is 0.172. The number of thiazole rings is 1. The molecule has 2 aromatic carbocycles. The topological polar surface area (TPSA) is 63.7 Å². The molecule has 0 spiro atoms. The van der Waals surface area contributed by atoms with E-state index in [4.69, 9.17) is 44.3 Å². The highest BCUT2D eigenvalue weighted by molar-refractivity contribution is 7.12. The molecule has 1 amide bonds. The zero-order valence-corrected chi connectivity index (χ0v) is 25.6. The third-order valence-corrected chi connectivity index (χ3v) is 9.95. The maximum Gasteiger partial charge on any atom is 0.252 e. The normalized spacial score (nSPS) is 19.8. The SMILES string of the molecule is O=C(C1=C(c2cnc(COCCOc3c(F)ccc(Cl)c3F)s2)C[C@@H]2CC[C@H]1N2)N(Cc1cccc(Cl)c1Cl)C1CC1. The average Bonchev–Trinajstić information content (AvgIpc) is 3.59. The largest absolute Gasteiger partial charge is 0.485 e. The van der Waals surface area contributed by atoms with Crippen molar-refractivity contribution in [1.29, 1.82) is 0 Å². The monoisotopic (exact) mass is 653 g/mol. The fourth-order valence-corrected chi connectivity index (χ4v) is 7.02. The number of carbonyl (C=O) groups is 1. The third kappa shape index (κ3) is 6.32. The van der Waals surface area contributed by atoms with Gasteiger partial charge in [-0.15, -0.1) is 11.3 Å². The van der Waals surface area contributed by atoms with Crippen LogP contribution in [-0.4, -0.2) is 47.1 Å². The molecule has 1 saturated heterocycles. The van der Waals surface area contributed by atoms with Crippen LogP contribution in [0.3, 0.4) is 0 Å². The molecule has 3 aliphatic rings. The molecule has 1 N–H and O–H groups in total. The van der Waals surface area contributed by atoms with Crippen LogP contribution in [0.15, 0.2) is 42.1 Å². The zero-order valence-electron chi connectivity index (χ0n) is 22.5. The first-order chi connectivity index (χ1) is 20.3. The molecule has 0 radical (unpaired) electrons. The Labute approximate surface area is 261 Å². The van der Waals surface area contributed by atoms with Gasteiger partial charge in [-0.1, -0.05) is 46.9 Å². The molecule has 2 bridgehead atoms. The fourth-order valence-electron chi connectivity index (χ4n) is 5.57. The molecule has 0 unspecified atom stereocenters. The van der Waals surface area contributed by atoms with Crippen molar-refractivity contribution in [2.24, 2.45) is 0 Å². The first-order valence-electron chi connectivity index (χ1n) is 13.8. The second-order valence-corrected chi connectivity index (χ2v) is 13.0. The van der Waals surface area contributed by atoms with Crippen LogP contribution in [0.2, 0.25) is 15.1 Å². The summed E-state index contributed by atoms with van der Waals surface area (Å²) in [6.45, 7) is 0.655. The van der Waals surface area contributed by atoms with Gasteiger partial charge in [0.05, 0.1) is 33.2 Å². The highest BCUT2D eigenvalue weighted by Crippen LogP contribution is 2.42. The Morgan fingerprint density at radius 1 is 1.07 bits per heavy atom. The van der Waals surface area contributed by atoms with Crippen molar-refractivity contribution in [1.82, 2.24) is 15.2 Å². The number of hydrogen-bond donors (Lipinski definition) is 1. The number of rotatable bonds is 11. The lowest BCUT2D eigenvalue weighted by atomic mass is 9.93. The second-order valence-electron chi connectivity index (χ2n) is 10.7. The number of ether oxygens (including phenoxy) is 2. The highest BCUT2D eigenvalue weighted by Gasteiger charge is 2.42. The lowest BCUT2D eigenvalue weighted by Crippen LogP contribution is -2.44. The molecule has 3 heterocycles. The van der Waals surface area contributed by atoms with Crippen LogP contribution in [0.25, 0.3) is 5.57 Å². The number of aromatic nitrogens is 1. The summed E-state index contributed by atoms with van der Waals surface area (Å²) in [7, 11) is 0. The first kappa shape index (κ1) is 29.8. The predicted molar refractivity (Wildman–Crippen MR) is 160 cm³/mol. The molecule has 12 heteroatoms. The summed E-state index contributed by atoms with van der Waals surface area (Å²) in [5.74, 6) is -2.26. The maximum absolute atomic E-state index is 14.2. The molecular weight excluding hydrogens is 627 g/mol. The van der Waals surface area contributed by atoms with E-state index in [9.17, 15) is 13.6 Å². The molecule has 6 nitrogen and oxygen atoms in total. The summed E-state index contributed by atoms with van der Waals surface area (Å²) < 4.78 is 38.7. The van der Waals surface area contributed by atoms with Gasteiger partial charge in [0.2, 0.25) is 0 Å². The lowest BCUT2D eigenvalue weighted by Gasteiger charge is -2.31. The van der Waals surface area contributed by atoms with Gasteiger partial charge < -0.3 is 19.7 Å². The number of nitrogens with zero attached hydrogens (tertiary/aromatic N) is 2. The van der Waals surface area contributed by atoms with Gasteiger partial charge in [-0.05, 0) is 61.4 Å². The van der Waals surface area contributed by atoms with Crippen LogP contribution in [0.1, 0.15) is 47.6 Å². The molecule has 3 aromatic rings. The minimum atomic E-state index is -0.938. The number of carbonyl (C=O) groups excluding carboxylic acids is 1. The summed E-state index contributed by atoms with van der Waals surface area (Å²) >= 11 is 20.0. The van der Waals surface area contributed by atoms with Crippen LogP contribution in [0.4, 0.5) is 8.78 Å². The summed E-state index contributed by atoms with van der Waals surface area (Å²) in [5.41, 5.74) is 2.68. The molecule has 2 fully saturated rings. The van der Waals surface area contributed by atoms with Crippen molar-refractivity contribution >= 4 is 57.6 Å². The van der Waals surface area contributed by atoms with E-state index in [-0.39, 0.29) is 42.8 Å². The van der Waals surface area contributed by atoms with Gasteiger partial charge in [0.1, 0.15) is 11.6 Å². The van der Waals surface area contributed by atoms with Crippen molar-refractivity contribution in [2.75, 3.05) is 13.2 Å². The Bertz CT molecular complexity index is 1530. The van der Waals surface area contributed by atoms with Gasteiger partial charge in [0.25, 0.3) is 5.91 Å². The Hall–Kier alpha value is -2.27. The number of benzene rings is 2. The Balaban J connectivity index is 1.15. The van der Waals surface area contributed by atoms with Crippen LogP contribution >= 0.6 is 46.1 Å². The molecule has 42 heavy (non-hydrogen) atoms. The predicted octanol–water partition coefficient (Wildman–Crippen LogP) is 7.45. The van der Waals surface area contributed by atoms with Crippen LogP contribution in [0.5, 0.6) is 5.75 Å². The van der Waals surface area contributed by atoms with E-state index >= 15 is 0 Å². The Morgan fingerprint density at radius 2 is 1.90 bits per heavy atom. The molecule has 6 rings (SSSR count). The van der Waals surface area contributed by atoms with Crippen LogP contribution in [0, 0.1) is 11.6 Å². The van der Waals surface area contributed by atoms with E-state index < -0.39 is 17.4 Å². The van der Waals surface area contributed by atoms with Crippen molar-refractivity contribution < 1.29 is 23.0 Å². The number of hydrogen-bond acceptors (Lipinski definition) is 6. The minimum Gasteiger partial charge on any atom is -0.485 e. The first-order valence-corrected chi connectivity index (χ1v) is 15.8. The standard InChI is InChI=1S/C30H28Cl3F2N3O3S/c31-20-3-1-2-16(27(20)33)14-38(18-5-6-18)30(39)26-19(12-17-4-9-23(26)37-17)24-13-36-25(42-24)15-40-10-11-41-29-22(34)8-7-21(32)28(29)35/h1-3,7-8,13,17-18,23,37H,4-6,9-12,14-15H2/t17-,23+/m0/s1. The van der Waals surface area contributed by atoms with Crippen molar-refractivity contribution in [3.63, 3.8) is 0 Å². The van der Waals surface area contributed by atoms with Crippen LogP contribution in [-0.2, 0) is 22.7 Å². The summed E-state index contributed by atoms with van der Waals surface area (Å²) in [5, 5.41) is 5.11. The number of fused-ring (bicyclic) bond motifs is 2. The molecule has 1 aromatic heterocycles. The van der Waals surface area contributed by atoms with E-state index in [0.29, 0.717) is 22.6 Å². The van der Waals surface area contributed by atoms with Gasteiger partial charge in [-0.25, -0.2) is 13.8 Å². The van der Waals surface area contributed by atoms with E-state index in [1.807, 2.05) is 17.0 Å².